The highest BCUT2D eigenvalue weighted by Crippen LogP contribution is 2.16. The first-order chi connectivity index (χ1) is 10.1. The Kier molecular flexibility index (Phi) is 4.97. The van der Waals surface area contributed by atoms with Crippen LogP contribution in [0, 0.1) is 0 Å². The van der Waals surface area contributed by atoms with Crippen molar-refractivity contribution >= 4 is 17.9 Å². The number of hydrogen-bond donors (Lipinski definition) is 2. The zero-order valence-corrected chi connectivity index (χ0v) is 11.9. The second-order valence-corrected chi connectivity index (χ2v) is 4.82. The predicted octanol–water partition coefficient (Wildman–Crippen LogP) is 1.81. The molecule has 114 valence electrons. The summed E-state index contributed by atoms with van der Waals surface area (Å²) in [6.45, 7) is 3.40. The fraction of sp³-hybridized carbons (Fsp3) is 0.500. The van der Waals surface area contributed by atoms with Gasteiger partial charge in [-0.25, -0.2) is 14.6 Å². The molecule has 21 heavy (non-hydrogen) atoms. The lowest BCUT2D eigenvalue weighted by atomic mass is 10.1. The Labute approximate surface area is 122 Å². The monoisotopic (exact) mass is 293 g/mol. The molecule has 1 aliphatic heterocycles. The summed E-state index contributed by atoms with van der Waals surface area (Å²) < 4.78 is 4.97. The highest BCUT2D eigenvalue weighted by atomic mass is 16.6. The van der Waals surface area contributed by atoms with Crippen LogP contribution in [0.25, 0.3) is 0 Å². The molecule has 7 heteroatoms. The molecule has 2 rings (SSSR count). The number of amides is 1. The molecule has 1 fully saturated rings. The minimum Gasteiger partial charge on any atom is -0.477 e. The van der Waals surface area contributed by atoms with Crippen LogP contribution in [0.5, 0.6) is 0 Å². The first-order valence-electron chi connectivity index (χ1n) is 6.98. The van der Waals surface area contributed by atoms with Crippen molar-refractivity contribution in [1.82, 2.24) is 9.88 Å². The van der Waals surface area contributed by atoms with E-state index < -0.39 is 5.97 Å². The summed E-state index contributed by atoms with van der Waals surface area (Å²) in [5, 5.41) is 12.1. The van der Waals surface area contributed by atoms with Crippen molar-refractivity contribution in [2.45, 2.75) is 25.8 Å². The number of nitrogens with zero attached hydrogens (tertiary/aromatic N) is 2. The number of hydrogen-bond acceptors (Lipinski definition) is 5. The molecule has 0 radical (unpaired) electrons. The molecule has 1 aromatic rings. The second-order valence-electron chi connectivity index (χ2n) is 4.82. The maximum Gasteiger partial charge on any atom is 0.409 e. The van der Waals surface area contributed by atoms with Gasteiger partial charge in [-0.05, 0) is 31.9 Å². The van der Waals surface area contributed by atoms with Gasteiger partial charge < -0.3 is 20.1 Å². The van der Waals surface area contributed by atoms with Gasteiger partial charge in [0.25, 0.3) is 0 Å². The number of nitrogens with one attached hydrogen (secondary N) is 1. The smallest absolute Gasteiger partial charge is 0.409 e. The zero-order valence-electron chi connectivity index (χ0n) is 11.9. The molecule has 0 aromatic carbocycles. The maximum atomic E-state index is 11.6. The third-order valence-corrected chi connectivity index (χ3v) is 3.34. The van der Waals surface area contributed by atoms with Crippen molar-refractivity contribution < 1.29 is 19.4 Å². The molecule has 2 N–H and O–H groups in total. The SMILES string of the molecule is CCOC(=O)N1CCC(Nc2cccc(C(=O)O)n2)CC1. The summed E-state index contributed by atoms with van der Waals surface area (Å²) in [7, 11) is 0. The van der Waals surface area contributed by atoms with E-state index in [0.717, 1.165) is 12.8 Å². The average Bonchev–Trinajstić information content (AvgIpc) is 2.48. The number of likely N-dealkylation sites (tertiary alicyclic amines) is 1. The number of ether oxygens (including phenoxy) is 1. The van der Waals surface area contributed by atoms with Gasteiger partial charge in [-0.3, -0.25) is 0 Å². The largest absolute Gasteiger partial charge is 0.477 e. The minimum atomic E-state index is -1.05. The molecular formula is C14H19N3O4. The quantitative estimate of drug-likeness (QED) is 0.879. The van der Waals surface area contributed by atoms with Gasteiger partial charge in [0, 0.05) is 19.1 Å². The van der Waals surface area contributed by atoms with Crippen LogP contribution in [0.3, 0.4) is 0 Å². The fourth-order valence-electron chi connectivity index (χ4n) is 2.26. The molecule has 2 heterocycles. The first kappa shape index (κ1) is 15.1. The molecule has 0 atom stereocenters. The Balaban J connectivity index is 1.87. The van der Waals surface area contributed by atoms with Crippen molar-refractivity contribution in [3.05, 3.63) is 23.9 Å². The number of aromatic carboxylic acids is 1. The third kappa shape index (κ3) is 4.08. The average molecular weight is 293 g/mol. The van der Waals surface area contributed by atoms with Gasteiger partial charge in [0.15, 0.2) is 5.69 Å². The number of anilines is 1. The Morgan fingerprint density at radius 1 is 1.43 bits per heavy atom. The topological polar surface area (TPSA) is 91.8 Å². The van der Waals surface area contributed by atoms with E-state index >= 15 is 0 Å². The molecule has 1 amide bonds. The van der Waals surface area contributed by atoms with Crippen LogP contribution < -0.4 is 5.32 Å². The van der Waals surface area contributed by atoms with E-state index in [9.17, 15) is 9.59 Å². The number of piperidine rings is 1. The Hall–Kier alpha value is -2.31. The standard InChI is InChI=1S/C14H19N3O4/c1-2-21-14(20)17-8-6-10(7-9-17)15-12-5-3-4-11(16-12)13(18)19/h3-5,10H,2,6-9H2,1H3,(H,15,16)(H,18,19). The summed E-state index contributed by atoms with van der Waals surface area (Å²) in [5.41, 5.74) is 0.0176. The third-order valence-electron chi connectivity index (χ3n) is 3.34. The van der Waals surface area contributed by atoms with E-state index in [1.165, 1.54) is 6.07 Å². The minimum absolute atomic E-state index is 0.0176. The number of carbonyl (C=O) groups is 2. The number of carboxylic acid groups (broad SMARTS) is 1. The first-order valence-corrected chi connectivity index (χ1v) is 6.98. The Bertz CT molecular complexity index is 513. The number of pyridine rings is 1. The van der Waals surface area contributed by atoms with Gasteiger partial charge in [-0.15, -0.1) is 0 Å². The second kappa shape index (κ2) is 6.92. The highest BCUT2D eigenvalue weighted by molar-refractivity contribution is 5.85. The van der Waals surface area contributed by atoms with Gasteiger partial charge in [-0.2, -0.15) is 0 Å². The summed E-state index contributed by atoms with van der Waals surface area (Å²) >= 11 is 0. The van der Waals surface area contributed by atoms with Crippen LogP contribution in [0.1, 0.15) is 30.3 Å². The van der Waals surface area contributed by atoms with Gasteiger partial charge in [0.1, 0.15) is 5.82 Å². The fourth-order valence-corrected chi connectivity index (χ4v) is 2.26. The van der Waals surface area contributed by atoms with Crippen LogP contribution in [-0.4, -0.2) is 52.8 Å². The molecule has 0 saturated carbocycles. The zero-order chi connectivity index (χ0) is 15.2. The van der Waals surface area contributed by atoms with Crippen LogP contribution in [-0.2, 0) is 4.74 Å². The van der Waals surface area contributed by atoms with Crippen LogP contribution in [0.2, 0.25) is 0 Å². The van der Waals surface area contributed by atoms with Crippen LogP contribution >= 0.6 is 0 Å². The molecule has 0 aliphatic carbocycles. The molecular weight excluding hydrogens is 274 g/mol. The summed E-state index contributed by atoms with van der Waals surface area (Å²) in [6.07, 6.45) is 1.28. The van der Waals surface area contributed by atoms with E-state index in [2.05, 4.69) is 10.3 Å². The lowest BCUT2D eigenvalue weighted by Crippen LogP contribution is -2.42. The van der Waals surface area contributed by atoms with Gasteiger partial charge >= 0.3 is 12.1 Å². The normalized spacial score (nSPS) is 15.6. The molecule has 0 bridgehead atoms. The van der Waals surface area contributed by atoms with Gasteiger partial charge in [-0.1, -0.05) is 6.07 Å². The lowest BCUT2D eigenvalue weighted by Gasteiger charge is -2.31. The Morgan fingerprint density at radius 2 is 2.14 bits per heavy atom. The number of carbonyl (C=O) groups excluding carboxylic acids is 1. The van der Waals surface area contributed by atoms with Crippen LogP contribution in [0.4, 0.5) is 10.6 Å². The highest BCUT2D eigenvalue weighted by Gasteiger charge is 2.23. The van der Waals surface area contributed by atoms with Gasteiger partial charge in [0.2, 0.25) is 0 Å². The van der Waals surface area contributed by atoms with Crippen molar-refractivity contribution in [3.8, 4) is 0 Å². The van der Waals surface area contributed by atoms with Gasteiger partial charge in [0.05, 0.1) is 6.61 Å². The molecule has 7 nitrogen and oxygen atoms in total. The summed E-state index contributed by atoms with van der Waals surface area (Å²) in [4.78, 5) is 28.2. The number of rotatable bonds is 4. The van der Waals surface area contributed by atoms with E-state index in [-0.39, 0.29) is 17.8 Å². The van der Waals surface area contributed by atoms with E-state index in [4.69, 9.17) is 9.84 Å². The molecule has 1 aromatic heterocycles. The summed E-state index contributed by atoms with van der Waals surface area (Å²) in [5.74, 6) is -0.500. The van der Waals surface area contributed by atoms with E-state index in [1.807, 2.05) is 0 Å². The predicted molar refractivity (Wildman–Crippen MR) is 76.4 cm³/mol. The van der Waals surface area contributed by atoms with Crippen molar-refractivity contribution in [1.29, 1.82) is 0 Å². The number of carboxylic acids is 1. The molecule has 1 aliphatic rings. The van der Waals surface area contributed by atoms with Crippen molar-refractivity contribution in [2.24, 2.45) is 0 Å². The summed E-state index contributed by atoms with van der Waals surface area (Å²) in [6, 6.07) is 5.03. The van der Waals surface area contributed by atoms with Crippen LogP contribution in [0.15, 0.2) is 18.2 Å². The van der Waals surface area contributed by atoms with Crippen molar-refractivity contribution in [2.75, 3.05) is 25.0 Å². The maximum absolute atomic E-state index is 11.6. The number of aromatic nitrogens is 1. The molecule has 1 saturated heterocycles. The lowest BCUT2D eigenvalue weighted by molar-refractivity contribution is 0.0690. The Morgan fingerprint density at radius 3 is 2.76 bits per heavy atom. The van der Waals surface area contributed by atoms with E-state index in [0.29, 0.717) is 25.5 Å². The molecule has 0 spiro atoms. The van der Waals surface area contributed by atoms with E-state index in [1.54, 1.807) is 24.0 Å². The molecule has 0 unspecified atom stereocenters. The van der Waals surface area contributed by atoms with Crippen molar-refractivity contribution in [3.63, 3.8) is 0 Å².